The summed E-state index contributed by atoms with van der Waals surface area (Å²) in [5, 5.41) is 4.27. The number of hydrogen-bond acceptors (Lipinski definition) is 2. The van der Waals surface area contributed by atoms with Crippen LogP contribution in [0.3, 0.4) is 0 Å². The van der Waals surface area contributed by atoms with Crippen molar-refractivity contribution in [1.82, 2.24) is 5.32 Å². The molecule has 0 radical (unpaired) electrons. The van der Waals surface area contributed by atoms with E-state index in [1.165, 1.54) is 29.6 Å². The van der Waals surface area contributed by atoms with E-state index in [9.17, 15) is 0 Å². The standard InChI is InChI=1S/C10H13PS.C2H7N/c1-2-11(12)8-7-9-5-3-4-6-10(9)11;1-3-2/h3-6H,2,7-8H2,1H3;3H,1-2H3. The first-order chi connectivity index (χ1) is 7.18. The number of nitrogens with one attached hydrogen (secondary N) is 1. The highest BCUT2D eigenvalue weighted by atomic mass is 32.4. The zero-order valence-electron chi connectivity index (χ0n) is 9.79. The lowest BCUT2D eigenvalue weighted by molar-refractivity contribution is 1.02. The summed E-state index contributed by atoms with van der Waals surface area (Å²) in [6.07, 6.45) is 3.68. The second-order valence-corrected chi connectivity index (χ2v) is 9.24. The predicted octanol–water partition coefficient (Wildman–Crippen LogP) is 2.20. The summed E-state index contributed by atoms with van der Waals surface area (Å²) in [5.74, 6) is 0. The number of benzene rings is 1. The predicted molar refractivity (Wildman–Crippen MR) is 74.5 cm³/mol. The Kier molecular flexibility index (Phi) is 4.98. The van der Waals surface area contributed by atoms with Crippen LogP contribution in [0.5, 0.6) is 0 Å². The molecule has 0 aliphatic carbocycles. The Morgan fingerprint density at radius 3 is 2.53 bits per heavy atom. The number of rotatable bonds is 1. The van der Waals surface area contributed by atoms with Crippen LogP contribution >= 0.6 is 6.04 Å². The van der Waals surface area contributed by atoms with Gasteiger partial charge in [0.15, 0.2) is 0 Å². The minimum absolute atomic E-state index is 1.11. The third-order valence-corrected chi connectivity index (χ3v) is 7.88. The molecule has 1 heterocycles. The molecule has 1 aliphatic heterocycles. The fraction of sp³-hybridized carbons (Fsp3) is 0.500. The second-order valence-electron chi connectivity index (χ2n) is 3.81. The highest BCUT2D eigenvalue weighted by Crippen LogP contribution is 2.49. The van der Waals surface area contributed by atoms with E-state index in [1.807, 2.05) is 14.1 Å². The van der Waals surface area contributed by atoms with E-state index in [2.05, 4.69) is 36.5 Å². The average Bonchev–Trinajstić information content (AvgIpc) is 2.60. The molecule has 3 heteroatoms. The molecule has 0 bridgehead atoms. The first-order valence-corrected chi connectivity index (χ1v) is 8.60. The van der Waals surface area contributed by atoms with E-state index in [0.717, 1.165) is 0 Å². The molecule has 84 valence electrons. The van der Waals surface area contributed by atoms with Crippen LogP contribution < -0.4 is 10.6 Å². The minimum atomic E-state index is -1.11. The Morgan fingerprint density at radius 1 is 1.33 bits per heavy atom. The van der Waals surface area contributed by atoms with Gasteiger partial charge in [0.25, 0.3) is 0 Å². The van der Waals surface area contributed by atoms with Gasteiger partial charge in [0.2, 0.25) is 0 Å². The molecule has 0 saturated carbocycles. The van der Waals surface area contributed by atoms with E-state index >= 15 is 0 Å². The molecule has 0 saturated heterocycles. The van der Waals surface area contributed by atoms with Gasteiger partial charge in [0.1, 0.15) is 0 Å². The van der Waals surface area contributed by atoms with E-state index in [4.69, 9.17) is 11.8 Å². The van der Waals surface area contributed by atoms with Gasteiger partial charge >= 0.3 is 0 Å². The van der Waals surface area contributed by atoms with Gasteiger partial charge < -0.3 is 5.32 Å². The van der Waals surface area contributed by atoms with Crippen LogP contribution in [0.2, 0.25) is 0 Å². The van der Waals surface area contributed by atoms with Gasteiger partial charge in [0, 0.05) is 0 Å². The average molecular weight is 241 g/mol. The zero-order chi connectivity index (χ0) is 11.3. The van der Waals surface area contributed by atoms with Crippen LogP contribution in [0, 0.1) is 0 Å². The van der Waals surface area contributed by atoms with Crippen molar-refractivity contribution in [1.29, 1.82) is 0 Å². The molecule has 2 rings (SSSR count). The number of fused-ring (bicyclic) bond motifs is 1. The quantitative estimate of drug-likeness (QED) is 0.757. The maximum atomic E-state index is 5.73. The number of hydrogen-bond donors (Lipinski definition) is 1. The van der Waals surface area contributed by atoms with E-state index < -0.39 is 6.04 Å². The lowest BCUT2D eigenvalue weighted by Crippen LogP contribution is -2.03. The van der Waals surface area contributed by atoms with Crippen LogP contribution in [0.25, 0.3) is 0 Å². The number of aryl methyl sites for hydroxylation is 1. The van der Waals surface area contributed by atoms with Crippen molar-refractivity contribution in [3.8, 4) is 0 Å². The Bertz CT molecular complexity index is 362. The van der Waals surface area contributed by atoms with Crippen LogP contribution in [0.1, 0.15) is 12.5 Å². The van der Waals surface area contributed by atoms with Gasteiger partial charge in [-0.1, -0.05) is 43.0 Å². The van der Waals surface area contributed by atoms with Gasteiger partial charge in [-0.05, 0) is 49.7 Å². The lowest BCUT2D eigenvalue weighted by Gasteiger charge is -2.13. The first-order valence-electron chi connectivity index (χ1n) is 5.43. The van der Waals surface area contributed by atoms with Crippen LogP contribution in [-0.4, -0.2) is 26.4 Å². The Balaban J connectivity index is 0.000000337. The highest BCUT2D eigenvalue weighted by Gasteiger charge is 2.26. The summed E-state index contributed by atoms with van der Waals surface area (Å²) in [5.41, 5.74) is 1.52. The maximum absolute atomic E-state index is 5.73. The minimum Gasteiger partial charge on any atom is -0.323 e. The summed E-state index contributed by atoms with van der Waals surface area (Å²) >= 11 is 5.73. The van der Waals surface area contributed by atoms with Crippen molar-refractivity contribution < 1.29 is 0 Å². The Labute approximate surface area is 98.3 Å². The third-order valence-electron chi connectivity index (χ3n) is 2.68. The van der Waals surface area contributed by atoms with Gasteiger partial charge in [-0.15, -0.1) is 0 Å². The van der Waals surface area contributed by atoms with Gasteiger partial charge in [-0.3, -0.25) is 0 Å². The third kappa shape index (κ3) is 2.90. The SMILES string of the molecule is CCP1(=S)CCc2ccccc21.CNC. The molecule has 1 N–H and O–H groups in total. The molecule has 0 amide bonds. The molecule has 15 heavy (non-hydrogen) atoms. The summed E-state index contributed by atoms with van der Waals surface area (Å²) in [6, 6.07) is 7.62. The smallest absolute Gasteiger partial charge is 0.0110 e. The first kappa shape index (κ1) is 12.9. The molecule has 1 aliphatic rings. The van der Waals surface area contributed by atoms with E-state index in [-0.39, 0.29) is 0 Å². The highest BCUT2D eigenvalue weighted by molar-refractivity contribution is 8.18. The fourth-order valence-corrected chi connectivity index (χ4v) is 5.25. The van der Waals surface area contributed by atoms with Crippen molar-refractivity contribution in [2.45, 2.75) is 13.3 Å². The largest absolute Gasteiger partial charge is 0.323 e. The lowest BCUT2D eigenvalue weighted by atomic mass is 10.2. The molecule has 1 nitrogen and oxygen atoms in total. The monoisotopic (exact) mass is 241 g/mol. The van der Waals surface area contributed by atoms with Crippen molar-refractivity contribution in [3.63, 3.8) is 0 Å². The van der Waals surface area contributed by atoms with Gasteiger partial charge in [0.05, 0.1) is 0 Å². The van der Waals surface area contributed by atoms with Crippen LogP contribution in [-0.2, 0) is 18.2 Å². The van der Waals surface area contributed by atoms with Crippen LogP contribution in [0.4, 0.5) is 0 Å². The fourth-order valence-electron chi connectivity index (χ4n) is 1.87. The molecule has 1 atom stereocenters. The topological polar surface area (TPSA) is 12.0 Å². The van der Waals surface area contributed by atoms with Crippen LogP contribution in [0.15, 0.2) is 24.3 Å². The summed E-state index contributed by atoms with van der Waals surface area (Å²) in [6.45, 7) is 2.24. The van der Waals surface area contributed by atoms with Crippen molar-refractivity contribution in [3.05, 3.63) is 29.8 Å². The molecular weight excluding hydrogens is 221 g/mol. The Hall–Kier alpha value is -0.170. The zero-order valence-corrected chi connectivity index (χ0v) is 11.5. The van der Waals surface area contributed by atoms with Crippen molar-refractivity contribution in [2.75, 3.05) is 26.4 Å². The normalized spacial score (nSPS) is 22.9. The summed E-state index contributed by atoms with van der Waals surface area (Å²) < 4.78 is 0. The van der Waals surface area contributed by atoms with E-state index in [1.54, 1.807) is 0 Å². The van der Waals surface area contributed by atoms with E-state index in [0.29, 0.717) is 0 Å². The molecule has 0 aromatic heterocycles. The molecule has 1 unspecified atom stereocenters. The molecule has 0 fully saturated rings. The van der Waals surface area contributed by atoms with Crippen molar-refractivity contribution in [2.24, 2.45) is 0 Å². The van der Waals surface area contributed by atoms with Gasteiger partial charge in [-0.2, -0.15) is 0 Å². The summed E-state index contributed by atoms with van der Waals surface area (Å²) in [4.78, 5) is 0. The molecule has 1 aromatic carbocycles. The molecule has 1 aromatic rings. The van der Waals surface area contributed by atoms with Gasteiger partial charge in [-0.25, -0.2) is 0 Å². The van der Waals surface area contributed by atoms with Crippen molar-refractivity contribution >= 4 is 23.1 Å². The summed E-state index contributed by atoms with van der Waals surface area (Å²) in [7, 11) is 3.75. The Morgan fingerprint density at radius 2 is 1.93 bits per heavy atom. The second kappa shape index (κ2) is 5.79. The maximum Gasteiger partial charge on any atom is -0.0110 e. The molecule has 0 spiro atoms. The molecular formula is C12H20NPS.